The lowest BCUT2D eigenvalue weighted by Gasteiger charge is -2.32. The van der Waals surface area contributed by atoms with E-state index in [0.717, 1.165) is 17.5 Å². The molecule has 2 fully saturated rings. The second-order valence-electron chi connectivity index (χ2n) is 9.07. The molecule has 2 aromatic carbocycles. The van der Waals surface area contributed by atoms with Crippen LogP contribution in [0.1, 0.15) is 46.8 Å². The maximum atomic E-state index is 13.0. The molecule has 2 unspecified atom stereocenters. The van der Waals surface area contributed by atoms with E-state index in [2.05, 4.69) is 16.0 Å². The summed E-state index contributed by atoms with van der Waals surface area (Å²) in [5.41, 5.74) is 2.61. The quantitative estimate of drug-likeness (QED) is 0.625. The fourth-order valence-corrected chi connectivity index (χ4v) is 4.56. The number of nitrogens with zero attached hydrogens (tertiary/aromatic N) is 1. The number of carbonyl (C=O) groups excluding carboxylic acids is 4. The Morgan fingerprint density at radius 2 is 1.82 bits per heavy atom. The van der Waals surface area contributed by atoms with Crippen molar-refractivity contribution in [2.45, 2.75) is 39.2 Å². The third-order valence-electron chi connectivity index (χ3n) is 6.30. The van der Waals surface area contributed by atoms with Crippen molar-refractivity contribution in [1.82, 2.24) is 15.5 Å². The molecule has 0 bridgehead atoms. The number of rotatable bonds is 4. The largest absolute Gasteiger partial charge is 0.338 e. The van der Waals surface area contributed by atoms with E-state index in [-0.39, 0.29) is 17.7 Å². The number of aryl methyl sites for hydroxylation is 2. The minimum Gasteiger partial charge on any atom is -0.338 e. The van der Waals surface area contributed by atoms with Crippen molar-refractivity contribution in [2.75, 3.05) is 18.4 Å². The smallest absolute Gasteiger partial charge is 0.322 e. The van der Waals surface area contributed by atoms with Crippen molar-refractivity contribution in [1.29, 1.82) is 0 Å². The van der Waals surface area contributed by atoms with E-state index in [0.29, 0.717) is 36.3 Å². The molecule has 0 aliphatic carbocycles. The van der Waals surface area contributed by atoms with Crippen LogP contribution in [-0.2, 0) is 15.1 Å². The lowest BCUT2D eigenvalue weighted by Crippen LogP contribution is -2.44. The van der Waals surface area contributed by atoms with Gasteiger partial charge in [0.2, 0.25) is 5.91 Å². The predicted octanol–water partition coefficient (Wildman–Crippen LogP) is 2.85. The Kier molecular flexibility index (Phi) is 5.93. The van der Waals surface area contributed by atoms with E-state index < -0.39 is 17.5 Å². The average molecular weight is 449 g/mol. The van der Waals surface area contributed by atoms with Crippen LogP contribution < -0.4 is 16.0 Å². The van der Waals surface area contributed by atoms with E-state index >= 15 is 0 Å². The van der Waals surface area contributed by atoms with E-state index in [1.807, 2.05) is 32.0 Å². The summed E-state index contributed by atoms with van der Waals surface area (Å²) >= 11 is 0. The van der Waals surface area contributed by atoms with Crippen molar-refractivity contribution in [3.63, 3.8) is 0 Å². The van der Waals surface area contributed by atoms with Crippen molar-refractivity contribution in [2.24, 2.45) is 5.92 Å². The molecule has 2 aromatic rings. The highest BCUT2D eigenvalue weighted by molar-refractivity contribution is 6.07. The van der Waals surface area contributed by atoms with Crippen molar-refractivity contribution >= 4 is 29.4 Å². The highest BCUT2D eigenvalue weighted by atomic mass is 16.2. The molecule has 0 spiro atoms. The number of urea groups is 1. The molecule has 8 nitrogen and oxygen atoms in total. The SMILES string of the molecule is Cc1cc(C)cc(C(=O)N2CCCC(C(=O)Nc3cccc(C4(C)NC(=O)NC4=O)c3)C2)c1. The maximum Gasteiger partial charge on any atom is 0.322 e. The van der Waals surface area contributed by atoms with Gasteiger partial charge in [-0.1, -0.05) is 29.3 Å². The molecule has 5 amide bonds. The van der Waals surface area contributed by atoms with Gasteiger partial charge >= 0.3 is 6.03 Å². The number of carbonyl (C=O) groups is 4. The van der Waals surface area contributed by atoms with Gasteiger partial charge in [0, 0.05) is 24.3 Å². The molecular weight excluding hydrogens is 420 g/mol. The van der Waals surface area contributed by atoms with Gasteiger partial charge in [0.05, 0.1) is 5.92 Å². The van der Waals surface area contributed by atoms with Gasteiger partial charge in [-0.2, -0.15) is 0 Å². The summed E-state index contributed by atoms with van der Waals surface area (Å²) in [5.74, 6) is -1.00. The van der Waals surface area contributed by atoms with Gasteiger partial charge in [-0.25, -0.2) is 4.79 Å². The Bertz CT molecular complexity index is 1120. The highest BCUT2D eigenvalue weighted by Gasteiger charge is 2.43. The molecule has 0 aromatic heterocycles. The van der Waals surface area contributed by atoms with Crippen molar-refractivity contribution < 1.29 is 19.2 Å². The molecule has 172 valence electrons. The highest BCUT2D eigenvalue weighted by Crippen LogP contribution is 2.27. The fourth-order valence-electron chi connectivity index (χ4n) is 4.56. The molecule has 2 atom stereocenters. The molecule has 2 aliphatic heterocycles. The van der Waals surface area contributed by atoms with Crippen molar-refractivity contribution in [3.05, 3.63) is 64.7 Å². The molecular formula is C25H28N4O4. The zero-order valence-corrected chi connectivity index (χ0v) is 19.0. The first kappa shape index (κ1) is 22.5. The van der Waals surface area contributed by atoms with Gasteiger partial charge < -0.3 is 15.5 Å². The Morgan fingerprint density at radius 3 is 2.48 bits per heavy atom. The van der Waals surface area contributed by atoms with Crippen LogP contribution in [-0.4, -0.2) is 41.7 Å². The summed E-state index contributed by atoms with van der Waals surface area (Å²) in [7, 11) is 0. The monoisotopic (exact) mass is 448 g/mol. The second-order valence-corrected chi connectivity index (χ2v) is 9.07. The topological polar surface area (TPSA) is 108 Å². The number of hydrogen-bond donors (Lipinski definition) is 3. The summed E-state index contributed by atoms with van der Waals surface area (Å²) in [4.78, 5) is 51.6. The van der Waals surface area contributed by atoms with E-state index in [1.165, 1.54) is 0 Å². The molecule has 33 heavy (non-hydrogen) atoms. The molecule has 2 aliphatic rings. The van der Waals surface area contributed by atoms with Crippen LogP contribution >= 0.6 is 0 Å². The number of amides is 5. The van der Waals surface area contributed by atoms with Crippen LogP contribution in [0, 0.1) is 19.8 Å². The molecule has 0 radical (unpaired) electrons. The van der Waals surface area contributed by atoms with Gasteiger partial charge in [0.25, 0.3) is 11.8 Å². The zero-order chi connectivity index (χ0) is 23.8. The van der Waals surface area contributed by atoms with Gasteiger partial charge in [-0.3, -0.25) is 19.7 Å². The second kappa shape index (κ2) is 8.69. The van der Waals surface area contributed by atoms with Gasteiger partial charge in [-0.15, -0.1) is 0 Å². The molecule has 8 heteroatoms. The first-order valence-corrected chi connectivity index (χ1v) is 11.1. The minimum atomic E-state index is -1.20. The van der Waals surface area contributed by atoms with Gasteiger partial charge in [-0.05, 0) is 63.4 Å². The van der Waals surface area contributed by atoms with Crippen LogP contribution in [0.4, 0.5) is 10.5 Å². The van der Waals surface area contributed by atoms with Gasteiger partial charge in [0.15, 0.2) is 0 Å². The molecule has 3 N–H and O–H groups in total. The predicted molar refractivity (Wildman–Crippen MR) is 124 cm³/mol. The van der Waals surface area contributed by atoms with Gasteiger partial charge in [0.1, 0.15) is 5.54 Å². The van der Waals surface area contributed by atoms with Crippen molar-refractivity contribution in [3.8, 4) is 0 Å². The number of piperidine rings is 1. The van der Waals surface area contributed by atoms with Crippen LogP contribution in [0.25, 0.3) is 0 Å². The molecule has 2 heterocycles. The fraction of sp³-hybridized carbons (Fsp3) is 0.360. The Labute approximate surface area is 192 Å². The lowest BCUT2D eigenvalue weighted by atomic mass is 9.91. The van der Waals surface area contributed by atoms with Crippen LogP contribution in [0.5, 0.6) is 0 Å². The first-order chi connectivity index (χ1) is 15.7. The molecule has 2 saturated heterocycles. The summed E-state index contributed by atoms with van der Waals surface area (Å²) in [6, 6.07) is 12.1. The third-order valence-corrected chi connectivity index (χ3v) is 6.30. The van der Waals surface area contributed by atoms with E-state index in [9.17, 15) is 19.2 Å². The summed E-state index contributed by atoms with van der Waals surface area (Å²) in [6.45, 7) is 6.52. The Balaban J connectivity index is 1.45. The van der Waals surface area contributed by atoms with Crippen LogP contribution in [0.15, 0.2) is 42.5 Å². The summed E-state index contributed by atoms with van der Waals surface area (Å²) in [5, 5.41) is 7.78. The third kappa shape index (κ3) is 4.60. The first-order valence-electron chi connectivity index (χ1n) is 11.1. The number of anilines is 1. The number of benzene rings is 2. The zero-order valence-electron chi connectivity index (χ0n) is 19.0. The minimum absolute atomic E-state index is 0.0581. The number of hydrogen-bond acceptors (Lipinski definition) is 4. The average Bonchev–Trinajstić information content (AvgIpc) is 3.05. The number of nitrogens with one attached hydrogen (secondary N) is 3. The van der Waals surface area contributed by atoms with Crippen LogP contribution in [0.2, 0.25) is 0 Å². The number of imide groups is 1. The molecule has 4 rings (SSSR count). The standard InChI is InChI=1S/C25H28N4O4/c1-15-10-16(2)12-18(11-15)22(31)29-9-5-6-17(14-29)21(30)26-20-8-4-7-19(13-20)25(3)23(32)27-24(33)28-25/h4,7-8,10-13,17H,5-6,9,14H2,1-3H3,(H,26,30)(H2,27,28,32,33). The normalized spacial score (nSPS) is 22.5. The summed E-state index contributed by atoms with van der Waals surface area (Å²) in [6.07, 6.45) is 1.44. The Morgan fingerprint density at radius 1 is 1.09 bits per heavy atom. The Hall–Kier alpha value is -3.68. The number of likely N-dealkylation sites (tertiary alicyclic amines) is 1. The summed E-state index contributed by atoms with van der Waals surface area (Å²) < 4.78 is 0. The van der Waals surface area contributed by atoms with E-state index in [1.54, 1.807) is 36.1 Å². The maximum absolute atomic E-state index is 13.0. The van der Waals surface area contributed by atoms with Crippen LogP contribution in [0.3, 0.4) is 0 Å². The van der Waals surface area contributed by atoms with E-state index in [4.69, 9.17) is 0 Å². The molecule has 0 saturated carbocycles. The lowest BCUT2D eigenvalue weighted by molar-refractivity contribution is -0.123.